The first-order valence-electron chi connectivity index (χ1n) is 5.58. The molecule has 1 heterocycles. The van der Waals surface area contributed by atoms with Gasteiger partial charge in [0.2, 0.25) is 5.95 Å². The lowest BCUT2D eigenvalue weighted by Crippen LogP contribution is -2.15. The quantitative estimate of drug-likeness (QED) is 0.640. The molecule has 21 heavy (non-hydrogen) atoms. The number of aromatic nitrogens is 1. The van der Waals surface area contributed by atoms with E-state index in [0.717, 1.165) is 18.2 Å². The topological polar surface area (TPSA) is 42.0 Å². The van der Waals surface area contributed by atoms with E-state index in [1.807, 2.05) is 0 Å². The van der Waals surface area contributed by atoms with E-state index in [4.69, 9.17) is 0 Å². The highest BCUT2D eigenvalue weighted by Gasteiger charge is 2.31. The molecule has 2 rings (SSSR count). The smallest absolute Gasteiger partial charge is 0.306 e. The summed E-state index contributed by atoms with van der Waals surface area (Å²) < 4.78 is 51.0. The fraction of sp³-hybridized carbons (Fsp3) is 0.0769. The van der Waals surface area contributed by atoms with Crippen LogP contribution in [0.5, 0.6) is 0 Å². The van der Waals surface area contributed by atoms with Crippen LogP contribution in [0.2, 0.25) is 0 Å². The molecule has 110 valence electrons. The van der Waals surface area contributed by atoms with Crippen LogP contribution in [-0.2, 0) is 6.18 Å². The second kappa shape index (κ2) is 5.80. The molecule has 1 amide bonds. The summed E-state index contributed by atoms with van der Waals surface area (Å²) in [6.07, 6.45) is -4.56. The molecule has 1 N–H and O–H groups in total. The minimum atomic E-state index is -4.56. The Bertz CT molecular complexity index is 688. The Labute approximate surface area is 125 Å². The van der Waals surface area contributed by atoms with Crippen molar-refractivity contribution in [3.05, 3.63) is 57.9 Å². The molecule has 0 aliphatic heterocycles. The van der Waals surface area contributed by atoms with Crippen molar-refractivity contribution >= 4 is 27.7 Å². The molecule has 0 aliphatic rings. The Hall–Kier alpha value is -1.96. The van der Waals surface area contributed by atoms with Gasteiger partial charge in [0, 0.05) is 4.47 Å². The SMILES string of the molecule is O=C(Nc1cccc(F)n1)c1cc(C(F)(F)F)ccc1Br. The third-order valence-electron chi connectivity index (χ3n) is 2.50. The molecule has 2 aromatic rings. The molecule has 0 saturated heterocycles. The van der Waals surface area contributed by atoms with Crippen LogP contribution < -0.4 is 5.32 Å². The van der Waals surface area contributed by atoms with Crippen LogP contribution in [0.15, 0.2) is 40.9 Å². The average molecular weight is 363 g/mol. The van der Waals surface area contributed by atoms with Crippen molar-refractivity contribution < 1.29 is 22.4 Å². The summed E-state index contributed by atoms with van der Waals surface area (Å²) in [5, 5.41) is 2.23. The van der Waals surface area contributed by atoms with Gasteiger partial charge in [0.15, 0.2) is 0 Å². The lowest BCUT2D eigenvalue weighted by atomic mass is 10.1. The number of halogens is 5. The zero-order valence-corrected chi connectivity index (χ0v) is 11.8. The predicted molar refractivity (Wildman–Crippen MR) is 71.3 cm³/mol. The first-order chi connectivity index (χ1) is 9.77. The van der Waals surface area contributed by atoms with E-state index in [-0.39, 0.29) is 15.9 Å². The van der Waals surface area contributed by atoms with Crippen molar-refractivity contribution in [2.24, 2.45) is 0 Å². The number of nitrogens with one attached hydrogen (secondary N) is 1. The van der Waals surface area contributed by atoms with Crippen LogP contribution in [0.25, 0.3) is 0 Å². The third-order valence-corrected chi connectivity index (χ3v) is 3.19. The number of benzene rings is 1. The largest absolute Gasteiger partial charge is 0.416 e. The van der Waals surface area contributed by atoms with Crippen LogP contribution in [-0.4, -0.2) is 10.9 Å². The number of carbonyl (C=O) groups excluding carboxylic acids is 1. The number of nitrogens with zero attached hydrogens (tertiary/aromatic N) is 1. The number of rotatable bonds is 2. The molecular weight excluding hydrogens is 356 g/mol. The molecule has 0 atom stereocenters. The minimum absolute atomic E-state index is 0.0932. The zero-order chi connectivity index (χ0) is 15.6. The summed E-state index contributed by atoms with van der Waals surface area (Å²) in [6.45, 7) is 0. The molecule has 0 radical (unpaired) electrons. The van der Waals surface area contributed by atoms with Gasteiger partial charge < -0.3 is 5.32 Å². The van der Waals surface area contributed by atoms with Gasteiger partial charge in [0.05, 0.1) is 11.1 Å². The number of anilines is 1. The van der Waals surface area contributed by atoms with Crippen LogP contribution in [0, 0.1) is 5.95 Å². The van der Waals surface area contributed by atoms with E-state index in [1.165, 1.54) is 12.1 Å². The van der Waals surface area contributed by atoms with Crippen LogP contribution in [0.1, 0.15) is 15.9 Å². The molecule has 3 nitrogen and oxygen atoms in total. The van der Waals surface area contributed by atoms with Crippen molar-refractivity contribution in [1.29, 1.82) is 0 Å². The molecule has 8 heteroatoms. The maximum Gasteiger partial charge on any atom is 0.416 e. The van der Waals surface area contributed by atoms with Gasteiger partial charge >= 0.3 is 6.18 Å². The van der Waals surface area contributed by atoms with Crippen LogP contribution in [0.4, 0.5) is 23.4 Å². The van der Waals surface area contributed by atoms with Crippen molar-refractivity contribution in [2.75, 3.05) is 5.32 Å². The van der Waals surface area contributed by atoms with E-state index in [2.05, 4.69) is 26.2 Å². The monoisotopic (exact) mass is 362 g/mol. The molecular formula is C13H7BrF4N2O. The second-order valence-electron chi connectivity index (χ2n) is 3.99. The summed E-state index contributed by atoms with van der Waals surface area (Å²) >= 11 is 3.00. The Morgan fingerprint density at radius 3 is 2.52 bits per heavy atom. The Balaban J connectivity index is 2.31. The lowest BCUT2D eigenvalue weighted by Gasteiger charge is -2.10. The molecule has 0 fully saturated rings. The van der Waals surface area contributed by atoms with Gasteiger partial charge in [-0.3, -0.25) is 4.79 Å². The van der Waals surface area contributed by atoms with Crippen molar-refractivity contribution in [3.8, 4) is 0 Å². The maximum absolute atomic E-state index is 12.9. The van der Waals surface area contributed by atoms with Crippen LogP contribution >= 0.6 is 15.9 Å². The summed E-state index contributed by atoms with van der Waals surface area (Å²) in [6, 6.07) is 6.40. The summed E-state index contributed by atoms with van der Waals surface area (Å²) in [4.78, 5) is 15.4. The van der Waals surface area contributed by atoms with Crippen molar-refractivity contribution in [2.45, 2.75) is 6.18 Å². The number of carbonyl (C=O) groups is 1. The van der Waals surface area contributed by atoms with Gasteiger partial charge in [-0.15, -0.1) is 0 Å². The Morgan fingerprint density at radius 1 is 1.19 bits per heavy atom. The first-order valence-corrected chi connectivity index (χ1v) is 6.37. The molecule has 1 aromatic carbocycles. The second-order valence-corrected chi connectivity index (χ2v) is 4.85. The highest BCUT2D eigenvalue weighted by Crippen LogP contribution is 2.32. The number of amides is 1. The Morgan fingerprint density at radius 2 is 1.90 bits per heavy atom. The number of pyridine rings is 1. The van der Waals surface area contributed by atoms with Gasteiger partial charge in [-0.2, -0.15) is 17.6 Å². The van der Waals surface area contributed by atoms with E-state index in [0.29, 0.717) is 6.07 Å². The van der Waals surface area contributed by atoms with Crippen molar-refractivity contribution in [3.63, 3.8) is 0 Å². The van der Waals surface area contributed by atoms with Crippen LogP contribution in [0.3, 0.4) is 0 Å². The Kier molecular flexibility index (Phi) is 4.26. The average Bonchev–Trinajstić information content (AvgIpc) is 2.37. The van der Waals surface area contributed by atoms with Crippen molar-refractivity contribution in [1.82, 2.24) is 4.98 Å². The predicted octanol–water partition coefficient (Wildman–Crippen LogP) is 4.25. The fourth-order valence-corrected chi connectivity index (χ4v) is 1.96. The molecule has 0 spiro atoms. The normalized spacial score (nSPS) is 11.3. The minimum Gasteiger partial charge on any atom is -0.306 e. The van der Waals surface area contributed by atoms with E-state index < -0.39 is 23.6 Å². The van der Waals surface area contributed by atoms with E-state index in [9.17, 15) is 22.4 Å². The van der Waals surface area contributed by atoms with E-state index >= 15 is 0 Å². The summed E-state index contributed by atoms with van der Waals surface area (Å²) in [7, 11) is 0. The summed E-state index contributed by atoms with van der Waals surface area (Å²) in [5.74, 6) is -1.73. The maximum atomic E-state index is 12.9. The standard InChI is InChI=1S/C13H7BrF4N2O/c14-9-5-4-7(13(16,17)18)6-8(9)12(21)20-11-3-1-2-10(15)19-11/h1-6H,(H,19,20,21). The van der Waals surface area contributed by atoms with Gasteiger partial charge in [0.1, 0.15) is 5.82 Å². The van der Waals surface area contributed by atoms with Gasteiger partial charge in [-0.25, -0.2) is 4.98 Å². The molecule has 1 aromatic heterocycles. The molecule has 0 bridgehead atoms. The fourth-order valence-electron chi connectivity index (χ4n) is 1.54. The van der Waals surface area contributed by atoms with Gasteiger partial charge in [-0.1, -0.05) is 6.07 Å². The van der Waals surface area contributed by atoms with Gasteiger partial charge in [-0.05, 0) is 46.3 Å². The highest BCUT2D eigenvalue weighted by atomic mass is 79.9. The summed E-state index contributed by atoms with van der Waals surface area (Å²) in [5.41, 5.74) is -1.18. The molecule has 0 aliphatic carbocycles. The number of alkyl halides is 3. The number of hydrogen-bond acceptors (Lipinski definition) is 2. The molecule has 0 unspecified atom stereocenters. The zero-order valence-electron chi connectivity index (χ0n) is 10.2. The highest BCUT2D eigenvalue weighted by molar-refractivity contribution is 9.10. The van der Waals surface area contributed by atoms with E-state index in [1.54, 1.807) is 0 Å². The van der Waals surface area contributed by atoms with Gasteiger partial charge in [0.25, 0.3) is 5.91 Å². The lowest BCUT2D eigenvalue weighted by molar-refractivity contribution is -0.137. The first kappa shape index (κ1) is 15.4. The third kappa shape index (κ3) is 3.78. The number of hydrogen-bond donors (Lipinski definition) is 1. The molecule has 0 saturated carbocycles.